The number of H-pyrrole nitrogens is 1. The summed E-state index contributed by atoms with van der Waals surface area (Å²) in [6.45, 7) is 6.96. The summed E-state index contributed by atoms with van der Waals surface area (Å²) < 4.78 is 7.63. The van der Waals surface area contributed by atoms with Gasteiger partial charge in [0.1, 0.15) is 11.5 Å². The molecule has 3 heterocycles. The number of aromatic amines is 1. The lowest BCUT2D eigenvalue weighted by molar-refractivity contribution is 0.365. The van der Waals surface area contributed by atoms with Crippen LogP contribution in [-0.2, 0) is 6.54 Å². The zero-order valence-corrected chi connectivity index (χ0v) is 13.1. The van der Waals surface area contributed by atoms with E-state index in [0.717, 1.165) is 29.3 Å². The van der Waals surface area contributed by atoms with Gasteiger partial charge in [0.05, 0.1) is 12.2 Å². The molecule has 0 saturated heterocycles. The molecule has 0 aliphatic carbocycles. The summed E-state index contributed by atoms with van der Waals surface area (Å²) in [7, 11) is 0. The first kappa shape index (κ1) is 14.6. The molecule has 0 radical (unpaired) electrons. The van der Waals surface area contributed by atoms with Crippen molar-refractivity contribution in [2.45, 2.75) is 39.4 Å². The van der Waals surface area contributed by atoms with Gasteiger partial charge in [0.15, 0.2) is 5.76 Å². The maximum absolute atomic E-state index is 5.67. The number of furan rings is 1. The van der Waals surface area contributed by atoms with Crippen LogP contribution in [0.5, 0.6) is 0 Å². The number of aryl methyl sites for hydroxylation is 1. The maximum Gasteiger partial charge on any atom is 0.152 e. The highest BCUT2D eigenvalue weighted by atomic mass is 16.3. The van der Waals surface area contributed by atoms with Crippen LogP contribution in [0.3, 0.4) is 0 Å². The van der Waals surface area contributed by atoms with Crippen molar-refractivity contribution in [2.24, 2.45) is 0 Å². The van der Waals surface area contributed by atoms with Gasteiger partial charge in [-0.25, -0.2) is 0 Å². The first-order valence-electron chi connectivity index (χ1n) is 7.46. The molecule has 6 nitrogen and oxygen atoms in total. The molecule has 0 fully saturated rings. The third kappa shape index (κ3) is 2.96. The third-order valence-corrected chi connectivity index (χ3v) is 3.98. The molecular formula is C16H21N5O. The van der Waals surface area contributed by atoms with Gasteiger partial charge in [-0.15, -0.1) is 0 Å². The minimum Gasteiger partial charge on any atom is -0.460 e. The largest absolute Gasteiger partial charge is 0.460 e. The molecule has 116 valence electrons. The summed E-state index contributed by atoms with van der Waals surface area (Å²) in [6, 6.07) is 6.41. The van der Waals surface area contributed by atoms with Crippen molar-refractivity contribution in [3.8, 4) is 11.5 Å². The fourth-order valence-electron chi connectivity index (χ4n) is 2.42. The second-order valence-corrected chi connectivity index (χ2v) is 5.58. The molecule has 6 heteroatoms. The first-order valence-corrected chi connectivity index (χ1v) is 7.46. The molecule has 0 amide bonds. The first-order chi connectivity index (χ1) is 10.6. The van der Waals surface area contributed by atoms with Crippen molar-refractivity contribution in [3.05, 3.63) is 48.1 Å². The highest BCUT2D eigenvalue weighted by Crippen LogP contribution is 2.23. The van der Waals surface area contributed by atoms with Gasteiger partial charge < -0.3 is 9.73 Å². The zero-order chi connectivity index (χ0) is 15.5. The summed E-state index contributed by atoms with van der Waals surface area (Å²) in [5.74, 6) is 1.71. The summed E-state index contributed by atoms with van der Waals surface area (Å²) >= 11 is 0. The molecule has 0 aromatic carbocycles. The van der Waals surface area contributed by atoms with Crippen molar-refractivity contribution in [1.82, 2.24) is 25.3 Å². The Hall–Kier alpha value is -2.34. The monoisotopic (exact) mass is 299 g/mol. The van der Waals surface area contributed by atoms with Crippen LogP contribution in [0.15, 0.2) is 41.2 Å². The van der Waals surface area contributed by atoms with Gasteiger partial charge in [-0.05, 0) is 39.0 Å². The van der Waals surface area contributed by atoms with E-state index in [1.165, 1.54) is 0 Å². The molecular weight excluding hydrogens is 278 g/mol. The lowest BCUT2D eigenvalue weighted by atomic mass is 10.1. The Balaban J connectivity index is 1.66. The van der Waals surface area contributed by atoms with Gasteiger partial charge in [0.2, 0.25) is 0 Å². The van der Waals surface area contributed by atoms with E-state index in [2.05, 4.69) is 34.5 Å². The second-order valence-electron chi connectivity index (χ2n) is 5.58. The van der Waals surface area contributed by atoms with Crippen LogP contribution in [0.1, 0.15) is 31.2 Å². The molecule has 3 rings (SSSR count). The molecule has 0 aliphatic heterocycles. The number of nitrogens with one attached hydrogen (secondary N) is 2. The van der Waals surface area contributed by atoms with Gasteiger partial charge >= 0.3 is 0 Å². The van der Waals surface area contributed by atoms with Crippen LogP contribution in [0, 0.1) is 6.92 Å². The van der Waals surface area contributed by atoms with Gasteiger partial charge in [-0.1, -0.05) is 0 Å². The molecule has 2 atom stereocenters. The highest BCUT2D eigenvalue weighted by Gasteiger charge is 2.16. The SMILES string of the molecule is Cc1ccc(-c2[nH]ncc2CN[C@@H](C)[C@@H](C)n2cccn2)o1. The zero-order valence-electron chi connectivity index (χ0n) is 13.1. The highest BCUT2D eigenvalue weighted by molar-refractivity contribution is 5.56. The molecule has 0 bridgehead atoms. The van der Waals surface area contributed by atoms with E-state index >= 15 is 0 Å². The van der Waals surface area contributed by atoms with Crippen LogP contribution < -0.4 is 5.32 Å². The lowest BCUT2D eigenvalue weighted by Gasteiger charge is -2.21. The van der Waals surface area contributed by atoms with E-state index in [-0.39, 0.29) is 12.1 Å². The Morgan fingerprint density at radius 3 is 2.91 bits per heavy atom. The van der Waals surface area contributed by atoms with Gasteiger partial charge in [-0.2, -0.15) is 10.2 Å². The molecule has 22 heavy (non-hydrogen) atoms. The van der Waals surface area contributed by atoms with Crippen LogP contribution in [0.4, 0.5) is 0 Å². The number of nitrogens with zero attached hydrogens (tertiary/aromatic N) is 3. The van der Waals surface area contributed by atoms with Gasteiger partial charge in [-0.3, -0.25) is 9.78 Å². The quantitative estimate of drug-likeness (QED) is 0.734. The predicted octanol–water partition coefficient (Wildman–Crippen LogP) is 2.91. The fraction of sp³-hybridized carbons (Fsp3) is 0.375. The molecule has 0 unspecified atom stereocenters. The Kier molecular flexibility index (Phi) is 4.11. The van der Waals surface area contributed by atoms with Crippen molar-refractivity contribution in [1.29, 1.82) is 0 Å². The maximum atomic E-state index is 5.67. The van der Waals surface area contributed by atoms with E-state index in [1.807, 2.05) is 42.2 Å². The van der Waals surface area contributed by atoms with Gasteiger partial charge in [0, 0.05) is 30.5 Å². The number of hydrogen-bond acceptors (Lipinski definition) is 4. The van der Waals surface area contributed by atoms with Crippen molar-refractivity contribution in [2.75, 3.05) is 0 Å². The number of aromatic nitrogens is 4. The third-order valence-electron chi connectivity index (χ3n) is 3.98. The van der Waals surface area contributed by atoms with Crippen LogP contribution >= 0.6 is 0 Å². The second kappa shape index (κ2) is 6.19. The molecule has 3 aromatic rings. The summed E-state index contributed by atoms with van der Waals surface area (Å²) in [5.41, 5.74) is 2.02. The average Bonchev–Trinajstić information content (AvgIpc) is 3.24. The van der Waals surface area contributed by atoms with E-state index in [4.69, 9.17) is 4.42 Å². The van der Waals surface area contributed by atoms with Crippen molar-refractivity contribution >= 4 is 0 Å². The smallest absolute Gasteiger partial charge is 0.152 e. The Bertz CT molecular complexity index is 713. The Morgan fingerprint density at radius 2 is 2.23 bits per heavy atom. The molecule has 3 aromatic heterocycles. The van der Waals surface area contributed by atoms with Crippen molar-refractivity contribution < 1.29 is 4.42 Å². The minimum atomic E-state index is 0.274. The van der Waals surface area contributed by atoms with E-state index in [1.54, 1.807) is 6.20 Å². The average molecular weight is 299 g/mol. The van der Waals surface area contributed by atoms with Gasteiger partial charge in [0.25, 0.3) is 0 Å². The molecule has 0 aliphatic rings. The van der Waals surface area contributed by atoms with E-state index in [0.29, 0.717) is 0 Å². The van der Waals surface area contributed by atoms with Crippen LogP contribution in [0.25, 0.3) is 11.5 Å². The number of rotatable bonds is 6. The Morgan fingerprint density at radius 1 is 1.36 bits per heavy atom. The topological polar surface area (TPSA) is 71.7 Å². The summed E-state index contributed by atoms with van der Waals surface area (Å²) in [4.78, 5) is 0. The van der Waals surface area contributed by atoms with E-state index in [9.17, 15) is 0 Å². The lowest BCUT2D eigenvalue weighted by Crippen LogP contribution is -2.33. The molecule has 0 spiro atoms. The summed E-state index contributed by atoms with van der Waals surface area (Å²) in [6.07, 6.45) is 5.62. The molecule has 0 saturated carbocycles. The van der Waals surface area contributed by atoms with Crippen LogP contribution in [-0.4, -0.2) is 26.0 Å². The Labute approximate surface area is 129 Å². The van der Waals surface area contributed by atoms with E-state index < -0.39 is 0 Å². The standard InChI is InChI=1S/C16H21N5O/c1-11-5-6-15(22-11)16-14(10-18-20-16)9-17-12(2)13(3)21-8-4-7-19-21/h4-8,10,12-13,17H,9H2,1-3H3,(H,18,20)/t12-,13+/m0/s1. The van der Waals surface area contributed by atoms with Crippen LogP contribution in [0.2, 0.25) is 0 Å². The molecule has 2 N–H and O–H groups in total. The normalized spacial score (nSPS) is 14.1. The fourth-order valence-corrected chi connectivity index (χ4v) is 2.42. The predicted molar refractivity (Wildman–Crippen MR) is 84.3 cm³/mol. The number of hydrogen-bond donors (Lipinski definition) is 2. The minimum absolute atomic E-state index is 0.274. The summed E-state index contributed by atoms with van der Waals surface area (Å²) in [5, 5.41) is 15.0. The van der Waals surface area contributed by atoms with Crippen molar-refractivity contribution in [3.63, 3.8) is 0 Å².